The van der Waals surface area contributed by atoms with Crippen molar-refractivity contribution in [2.45, 2.75) is 12.5 Å². The lowest BCUT2D eigenvalue weighted by Crippen LogP contribution is -2.38. The third-order valence-electron chi connectivity index (χ3n) is 4.04. The highest BCUT2D eigenvalue weighted by atomic mass is 19.1. The maximum atomic E-state index is 13.7. The van der Waals surface area contributed by atoms with Crippen LogP contribution in [0.5, 0.6) is 0 Å². The van der Waals surface area contributed by atoms with Crippen LogP contribution in [0.1, 0.15) is 11.2 Å². The van der Waals surface area contributed by atoms with E-state index in [-0.39, 0.29) is 24.2 Å². The molecule has 1 atom stereocenters. The number of benzene rings is 2. The first-order valence-corrected chi connectivity index (χ1v) is 8.01. The molecule has 0 spiro atoms. The number of carbonyl (C=O) groups is 1. The van der Waals surface area contributed by atoms with Gasteiger partial charge in [-0.15, -0.1) is 5.10 Å². The maximum Gasteiger partial charge on any atom is 0.252 e. The van der Waals surface area contributed by atoms with E-state index >= 15 is 0 Å². The van der Waals surface area contributed by atoms with Crippen molar-refractivity contribution in [3.05, 3.63) is 60.4 Å². The van der Waals surface area contributed by atoms with Gasteiger partial charge < -0.3 is 10.6 Å². The Kier molecular flexibility index (Phi) is 3.89. The Bertz CT molecular complexity index is 909. The van der Waals surface area contributed by atoms with Crippen LogP contribution in [0, 0.1) is 5.82 Å². The molecule has 3 aromatic rings. The fraction of sp³-hybridized carbons (Fsp3) is 0.167. The molecular weight excluding hydrogens is 321 g/mol. The Hall–Kier alpha value is -3.22. The smallest absolute Gasteiger partial charge is 0.252 e. The van der Waals surface area contributed by atoms with Crippen LogP contribution >= 0.6 is 0 Å². The Labute approximate surface area is 143 Å². The van der Waals surface area contributed by atoms with Crippen LogP contribution in [0.15, 0.2) is 54.6 Å². The summed E-state index contributed by atoms with van der Waals surface area (Å²) < 4.78 is 15.0. The number of para-hydroxylation sites is 1. The molecule has 2 heterocycles. The zero-order valence-electron chi connectivity index (χ0n) is 13.3. The second-order valence-corrected chi connectivity index (χ2v) is 5.84. The van der Waals surface area contributed by atoms with E-state index in [1.807, 2.05) is 30.3 Å². The van der Waals surface area contributed by atoms with Crippen molar-refractivity contribution in [3.8, 4) is 11.4 Å². The number of hydrogen-bond acceptors (Lipinski definition) is 5. The fourth-order valence-electron chi connectivity index (χ4n) is 2.78. The first-order valence-electron chi connectivity index (χ1n) is 8.01. The molecule has 0 saturated heterocycles. The molecule has 7 heteroatoms. The van der Waals surface area contributed by atoms with Gasteiger partial charge in [-0.25, -0.2) is 4.39 Å². The van der Waals surface area contributed by atoms with Crippen LogP contribution in [-0.4, -0.2) is 33.3 Å². The first-order chi connectivity index (χ1) is 12.2. The summed E-state index contributed by atoms with van der Waals surface area (Å²) in [6.07, 6.45) is 0.256. The Morgan fingerprint density at radius 2 is 1.92 bits per heavy atom. The quantitative estimate of drug-likeness (QED) is 0.766. The summed E-state index contributed by atoms with van der Waals surface area (Å²) in [4.78, 5) is 16.7. The zero-order chi connectivity index (χ0) is 17.2. The molecule has 0 amide bonds. The molecule has 0 saturated carbocycles. The molecule has 0 radical (unpaired) electrons. The molecule has 1 aromatic heterocycles. The van der Waals surface area contributed by atoms with Crippen molar-refractivity contribution in [1.82, 2.24) is 14.8 Å². The number of aromatic nitrogens is 3. The van der Waals surface area contributed by atoms with Crippen molar-refractivity contribution >= 4 is 17.5 Å². The van der Waals surface area contributed by atoms with E-state index in [1.54, 1.807) is 18.2 Å². The van der Waals surface area contributed by atoms with E-state index in [9.17, 15) is 9.18 Å². The third kappa shape index (κ3) is 3.08. The number of fused-ring (bicyclic) bond motifs is 1. The maximum absolute atomic E-state index is 13.7. The van der Waals surface area contributed by atoms with Crippen LogP contribution < -0.4 is 10.6 Å². The SMILES string of the molecule is O=C1CC(CNc2ccccc2F)Nc2nc(-c3ccccc3)nn21. The van der Waals surface area contributed by atoms with Gasteiger partial charge in [0.25, 0.3) is 5.91 Å². The van der Waals surface area contributed by atoms with Gasteiger partial charge >= 0.3 is 0 Å². The molecular formula is C18H16FN5O. The van der Waals surface area contributed by atoms with Crippen molar-refractivity contribution < 1.29 is 9.18 Å². The van der Waals surface area contributed by atoms with E-state index in [0.29, 0.717) is 24.0 Å². The largest absolute Gasteiger partial charge is 0.381 e. The minimum Gasteiger partial charge on any atom is -0.381 e. The minimum atomic E-state index is -0.320. The van der Waals surface area contributed by atoms with E-state index in [1.165, 1.54) is 10.7 Å². The van der Waals surface area contributed by atoms with Crippen LogP contribution in [0.4, 0.5) is 16.0 Å². The molecule has 1 aliphatic heterocycles. The predicted molar refractivity (Wildman–Crippen MR) is 93.0 cm³/mol. The van der Waals surface area contributed by atoms with Crippen LogP contribution in [0.2, 0.25) is 0 Å². The monoisotopic (exact) mass is 337 g/mol. The summed E-state index contributed by atoms with van der Waals surface area (Å²) >= 11 is 0. The summed E-state index contributed by atoms with van der Waals surface area (Å²) in [5, 5.41) is 10.5. The summed E-state index contributed by atoms with van der Waals surface area (Å²) in [7, 11) is 0. The number of rotatable bonds is 4. The van der Waals surface area contributed by atoms with Gasteiger partial charge in [0, 0.05) is 12.1 Å². The van der Waals surface area contributed by atoms with Gasteiger partial charge in [-0.1, -0.05) is 42.5 Å². The summed E-state index contributed by atoms with van der Waals surface area (Å²) in [5.74, 6) is 0.456. The minimum absolute atomic E-state index is 0.135. The average molecular weight is 337 g/mol. The van der Waals surface area contributed by atoms with Crippen molar-refractivity contribution in [2.75, 3.05) is 17.2 Å². The lowest BCUT2D eigenvalue weighted by atomic mass is 10.1. The predicted octanol–water partition coefficient (Wildman–Crippen LogP) is 3.02. The van der Waals surface area contributed by atoms with Gasteiger partial charge in [-0.3, -0.25) is 4.79 Å². The van der Waals surface area contributed by atoms with Gasteiger partial charge in [0.15, 0.2) is 5.82 Å². The summed E-state index contributed by atoms with van der Waals surface area (Å²) in [6.45, 7) is 0.403. The van der Waals surface area contributed by atoms with Gasteiger partial charge in [0.2, 0.25) is 5.95 Å². The van der Waals surface area contributed by atoms with Gasteiger partial charge in [0.05, 0.1) is 18.2 Å². The molecule has 1 unspecified atom stereocenters. The van der Waals surface area contributed by atoms with Crippen molar-refractivity contribution in [3.63, 3.8) is 0 Å². The molecule has 1 aliphatic rings. The second-order valence-electron chi connectivity index (χ2n) is 5.84. The number of nitrogens with zero attached hydrogens (tertiary/aromatic N) is 3. The molecule has 0 aliphatic carbocycles. The average Bonchev–Trinajstić information content (AvgIpc) is 3.07. The van der Waals surface area contributed by atoms with Gasteiger partial charge in [-0.05, 0) is 12.1 Å². The second kappa shape index (κ2) is 6.35. The van der Waals surface area contributed by atoms with E-state index in [0.717, 1.165) is 5.56 Å². The molecule has 2 N–H and O–H groups in total. The molecule has 0 fully saturated rings. The lowest BCUT2D eigenvalue weighted by molar-refractivity contribution is 0.0874. The number of nitrogens with one attached hydrogen (secondary N) is 2. The third-order valence-corrected chi connectivity index (χ3v) is 4.04. The van der Waals surface area contributed by atoms with Crippen molar-refractivity contribution in [2.24, 2.45) is 0 Å². The van der Waals surface area contributed by atoms with Crippen LogP contribution in [-0.2, 0) is 0 Å². The molecule has 25 heavy (non-hydrogen) atoms. The van der Waals surface area contributed by atoms with E-state index < -0.39 is 0 Å². The van der Waals surface area contributed by atoms with Crippen LogP contribution in [0.25, 0.3) is 11.4 Å². The highest BCUT2D eigenvalue weighted by Gasteiger charge is 2.27. The standard InChI is InChI=1S/C18H16FN5O/c19-14-8-4-5-9-15(14)20-11-13-10-16(25)24-18(21-13)22-17(23-24)12-6-2-1-3-7-12/h1-9,13,20H,10-11H2,(H,21,22,23). The summed E-state index contributed by atoms with van der Waals surface area (Å²) in [6, 6.07) is 15.7. The van der Waals surface area contributed by atoms with E-state index in [4.69, 9.17) is 0 Å². The van der Waals surface area contributed by atoms with E-state index in [2.05, 4.69) is 20.7 Å². The van der Waals surface area contributed by atoms with Gasteiger partial charge in [-0.2, -0.15) is 9.67 Å². The Morgan fingerprint density at radius 3 is 2.72 bits per heavy atom. The normalized spacial score (nSPS) is 16.2. The first kappa shape index (κ1) is 15.3. The topological polar surface area (TPSA) is 71.8 Å². The fourth-order valence-corrected chi connectivity index (χ4v) is 2.78. The highest BCUT2D eigenvalue weighted by Crippen LogP contribution is 2.22. The molecule has 2 aromatic carbocycles. The number of halogens is 1. The molecule has 126 valence electrons. The number of hydrogen-bond donors (Lipinski definition) is 2. The Balaban J connectivity index is 1.50. The molecule has 6 nitrogen and oxygen atoms in total. The number of anilines is 2. The molecule has 0 bridgehead atoms. The van der Waals surface area contributed by atoms with Crippen LogP contribution in [0.3, 0.4) is 0 Å². The Morgan fingerprint density at radius 1 is 1.16 bits per heavy atom. The summed E-state index contributed by atoms with van der Waals surface area (Å²) in [5.41, 5.74) is 1.26. The van der Waals surface area contributed by atoms with Crippen molar-refractivity contribution in [1.29, 1.82) is 0 Å². The highest BCUT2D eigenvalue weighted by molar-refractivity contribution is 5.84. The lowest BCUT2D eigenvalue weighted by Gasteiger charge is -2.23. The number of carbonyl (C=O) groups excluding carboxylic acids is 1. The molecule has 4 rings (SSSR count). The van der Waals surface area contributed by atoms with Gasteiger partial charge in [0.1, 0.15) is 5.82 Å². The zero-order valence-corrected chi connectivity index (χ0v) is 13.3.